The Balaban J connectivity index is 2.22. The number of hydrogen-bond acceptors (Lipinski definition) is 2. The van der Waals surface area contributed by atoms with E-state index in [1.807, 2.05) is 11.8 Å². The molecule has 1 aliphatic rings. The van der Waals surface area contributed by atoms with Crippen LogP contribution in [0.25, 0.3) is 0 Å². The molecule has 0 bridgehead atoms. The highest BCUT2D eigenvalue weighted by Crippen LogP contribution is 2.14. The van der Waals surface area contributed by atoms with Crippen molar-refractivity contribution in [3.8, 4) is 0 Å². The van der Waals surface area contributed by atoms with Gasteiger partial charge in [0.2, 0.25) is 5.91 Å². The molecule has 0 radical (unpaired) electrons. The van der Waals surface area contributed by atoms with E-state index >= 15 is 0 Å². The standard InChI is InChI=1S/C12H24N2O/c1-4-5-6-7-8-10(2)14-9-13-11(3)12(14)15/h10-11,13H,4-9H2,1-3H3. The van der Waals surface area contributed by atoms with Crippen molar-refractivity contribution in [2.75, 3.05) is 6.67 Å². The first-order valence-corrected chi connectivity index (χ1v) is 6.20. The fourth-order valence-electron chi connectivity index (χ4n) is 2.04. The van der Waals surface area contributed by atoms with E-state index in [1.165, 1.54) is 25.7 Å². The highest BCUT2D eigenvalue weighted by molar-refractivity contribution is 5.83. The van der Waals surface area contributed by atoms with Crippen LogP contribution in [0.2, 0.25) is 0 Å². The van der Waals surface area contributed by atoms with Crippen LogP contribution in [0, 0.1) is 0 Å². The molecule has 3 heteroatoms. The summed E-state index contributed by atoms with van der Waals surface area (Å²) >= 11 is 0. The first kappa shape index (κ1) is 12.5. The van der Waals surface area contributed by atoms with E-state index in [4.69, 9.17) is 0 Å². The second-order valence-corrected chi connectivity index (χ2v) is 4.59. The summed E-state index contributed by atoms with van der Waals surface area (Å²) in [5.74, 6) is 0.262. The Morgan fingerprint density at radius 1 is 1.47 bits per heavy atom. The van der Waals surface area contributed by atoms with Crippen LogP contribution in [0.5, 0.6) is 0 Å². The van der Waals surface area contributed by atoms with Gasteiger partial charge in [0, 0.05) is 6.04 Å². The Morgan fingerprint density at radius 2 is 2.20 bits per heavy atom. The molecule has 1 N–H and O–H groups in total. The Bertz CT molecular complexity index is 206. The Hall–Kier alpha value is -0.570. The molecule has 3 nitrogen and oxygen atoms in total. The summed E-state index contributed by atoms with van der Waals surface area (Å²) in [5, 5.41) is 3.18. The minimum atomic E-state index is 0.0168. The predicted octanol–water partition coefficient (Wildman–Crippen LogP) is 2.12. The molecule has 1 fully saturated rings. The lowest BCUT2D eigenvalue weighted by Crippen LogP contribution is -2.36. The Morgan fingerprint density at radius 3 is 2.73 bits per heavy atom. The molecule has 1 saturated heterocycles. The normalized spacial score (nSPS) is 23.5. The third-order valence-corrected chi connectivity index (χ3v) is 3.23. The largest absolute Gasteiger partial charge is 0.326 e. The number of amides is 1. The number of unbranched alkanes of at least 4 members (excludes halogenated alkanes) is 3. The molecule has 88 valence electrons. The van der Waals surface area contributed by atoms with Crippen LogP contribution in [0.1, 0.15) is 52.9 Å². The van der Waals surface area contributed by atoms with Gasteiger partial charge in [-0.15, -0.1) is 0 Å². The average molecular weight is 212 g/mol. The van der Waals surface area contributed by atoms with Gasteiger partial charge in [-0.25, -0.2) is 0 Å². The molecule has 2 atom stereocenters. The lowest BCUT2D eigenvalue weighted by atomic mass is 10.1. The molecular formula is C12H24N2O. The summed E-state index contributed by atoms with van der Waals surface area (Å²) in [6.07, 6.45) is 6.27. The minimum Gasteiger partial charge on any atom is -0.326 e. The van der Waals surface area contributed by atoms with E-state index in [0.717, 1.165) is 13.1 Å². The summed E-state index contributed by atoms with van der Waals surface area (Å²) in [6, 6.07) is 0.412. The first-order valence-electron chi connectivity index (χ1n) is 6.20. The summed E-state index contributed by atoms with van der Waals surface area (Å²) in [7, 11) is 0. The van der Waals surface area contributed by atoms with E-state index in [-0.39, 0.29) is 11.9 Å². The maximum atomic E-state index is 11.7. The van der Waals surface area contributed by atoms with Crippen LogP contribution >= 0.6 is 0 Å². The van der Waals surface area contributed by atoms with Gasteiger partial charge in [0.05, 0.1) is 12.7 Å². The van der Waals surface area contributed by atoms with Gasteiger partial charge in [-0.1, -0.05) is 32.6 Å². The van der Waals surface area contributed by atoms with Crippen LogP contribution in [-0.2, 0) is 4.79 Å². The molecule has 0 aromatic carbocycles. The maximum Gasteiger partial charge on any atom is 0.240 e. The van der Waals surface area contributed by atoms with Crippen molar-refractivity contribution in [3.63, 3.8) is 0 Å². The molecule has 1 rings (SSSR count). The molecule has 0 saturated carbocycles. The van der Waals surface area contributed by atoms with E-state index in [9.17, 15) is 4.79 Å². The van der Waals surface area contributed by atoms with E-state index in [0.29, 0.717) is 6.04 Å². The van der Waals surface area contributed by atoms with Crippen LogP contribution < -0.4 is 5.32 Å². The van der Waals surface area contributed by atoms with Crippen molar-refractivity contribution in [2.45, 2.75) is 65.0 Å². The van der Waals surface area contributed by atoms with Crippen molar-refractivity contribution in [1.29, 1.82) is 0 Å². The topological polar surface area (TPSA) is 32.3 Å². The lowest BCUT2D eigenvalue weighted by Gasteiger charge is -2.23. The van der Waals surface area contributed by atoms with E-state index < -0.39 is 0 Å². The highest BCUT2D eigenvalue weighted by atomic mass is 16.2. The van der Waals surface area contributed by atoms with Gasteiger partial charge in [-0.2, -0.15) is 0 Å². The highest BCUT2D eigenvalue weighted by Gasteiger charge is 2.30. The van der Waals surface area contributed by atoms with E-state index in [2.05, 4.69) is 19.2 Å². The van der Waals surface area contributed by atoms with Crippen molar-refractivity contribution in [1.82, 2.24) is 10.2 Å². The number of rotatable bonds is 6. The predicted molar refractivity (Wildman–Crippen MR) is 62.5 cm³/mol. The number of hydrogen-bond donors (Lipinski definition) is 1. The lowest BCUT2D eigenvalue weighted by molar-refractivity contribution is -0.130. The van der Waals surface area contributed by atoms with Gasteiger partial charge in [0.1, 0.15) is 0 Å². The zero-order valence-corrected chi connectivity index (χ0v) is 10.3. The second kappa shape index (κ2) is 6.11. The minimum absolute atomic E-state index is 0.0168. The summed E-state index contributed by atoms with van der Waals surface area (Å²) < 4.78 is 0. The quantitative estimate of drug-likeness (QED) is 0.684. The van der Waals surface area contributed by atoms with Gasteiger partial charge in [0.25, 0.3) is 0 Å². The van der Waals surface area contributed by atoms with Crippen molar-refractivity contribution < 1.29 is 4.79 Å². The van der Waals surface area contributed by atoms with Crippen LogP contribution in [0.4, 0.5) is 0 Å². The fourth-order valence-corrected chi connectivity index (χ4v) is 2.04. The van der Waals surface area contributed by atoms with Crippen LogP contribution in [0.15, 0.2) is 0 Å². The third kappa shape index (κ3) is 3.49. The zero-order chi connectivity index (χ0) is 11.3. The SMILES string of the molecule is CCCCCCC(C)N1CNC(C)C1=O. The Labute approximate surface area is 93.2 Å². The van der Waals surface area contributed by atoms with Crippen molar-refractivity contribution in [2.24, 2.45) is 0 Å². The fraction of sp³-hybridized carbons (Fsp3) is 0.917. The second-order valence-electron chi connectivity index (χ2n) is 4.59. The first-order chi connectivity index (χ1) is 7.16. The molecule has 1 aliphatic heterocycles. The average Bonchev–Trinajstić information content (AvgIpc) is 2.55. The molecule has 1 amide bonds. The molecular weight excluding hydrogens is 188 g/mol. The molecule has 0 aromatic rings. The van der Waals surface area contributed by atoms with Gasteiger partial charge in [-0.3, -0.25) is 10.1 Å². The number of carbonyl (C=O) groups excluding carboxylic acids is 1. The Kier molecular flexibility index (Phi) is 5.09. The van der Waals surface area contributed by atoms with Gasteiger partial charge < -0.3 is 4.90 Å². The van der Waals surface area contributed by atoms with E-state index in [1.54, 1.807) is 0 Å². The van der Waals surface area contributed by atoms with Gasteiger partial charge in [-0.05, 0) is 20.3 Å². The number of nitrogens with zero attached hydrogens (tertiary/aromatic N) is 1. The monoisotopic (exact) mass is 212 g/mol. The zero-order valence-electron chi connectivity index (χ0n) is 10.3. The number of carbonyl (C=O) groups is 1. The molecule has 1 heterocycles. The molecule has 15 heavy (non-hydrogen) atoms. The molecule has 0 spiro atoms. The molecule has 2 unspecified atom stereocenters. The van der Waals surface area contributed by atoms with Crippen molar-refractivity contribution in [3.05, 3.63) is 0 Å². The maximum absolute atomic E-state index is 11.7. The number of nitrogens with one attached hydrogen (secondary N) is 1. The van der Waals surface area contributed by atoms with Crippen LogP contribution in [-0.4, -0.2) is 29.6 Å². The third-order valence-electron chi connectivity index (χ3n) is 3.23. The summed E-state index contributed by atoms with van der Waals surface area (Å²) in [6.45, 7) is 7.05. The molecule has 0 aromatic heterocycles. The van der Waals surface area contributed by atoms with Gasteiger partial charge in [0.15, 0.2) is 0 Å². The van der Waals surface area contributed by atoms with Crippen LogP contribution in [0.3, 0.4) is 0 Å². The smallest absolute Gasteiger partial charge is 0.240 e. The summed E-state index contributed by atoms with van der Waals surface area (Å²) in [4.78, 5) is 13.7. The molecule has 0 aliphatic carbocycles. The van der Waals surface area contributed by atoms with Crippen molar-refractivity contribution >= 4 is 5.91 Å². The summed E-state index contributed by atoms with van der Waals surface area (Å²) in [5.41, 5.74) is 0. The van der Waals surface area contributed by atoms with Gasteiger partial charge >= 0.3 is 0 Å².